The average Bonchev–Trinajstić information content (AvgIpc) is 3.13. The normalized spacial score (nSPS) is 12.9. The number of benzene rings is 3. The molecule has 0 saturated heterocycles. The Morgan fingerprint density at radius 3 is 2.18 bits per heavy atom. The number of hydrogen-bond acceptors (Lipinski definition) is 4. The Bertz CT molecular complexity index is 1220. The number of fused-ring (bicyclic) bond motifs is 3. The summed E-state index contributed by atoms with van der Waals surface area (Å²) in [7, 11) is 0. The third-order valence-corrected chi connectivity index (χ3v) is 5.52. The molecule has 0 aliphatic heterocycles. The van der Waals surface area contributed by atoms with Crippen LogP contribution < -0.4 is 10.6 Å². The number of carboxylic acids is 1. The molecular weight excluding hydrogens is 446 g/mol. The van der Waals surface area contributed by atoms with Gasteiger partial charge in [0.25, 0.3) is 0 Å². The zero-order valence-electron chi connectivity index (χ0n) is 17.8. The number of carbonyl (C=O) groups excluding carboxylic acids is 2. The summed E-state index contributed by atoms with van der Waals surface area (Å²) in [6.45, 7) is -0.0419. The van der Waals surface area contributed by atoms with Gasteiger partial charge in [0.2, 0.25) is 5.91 Å². The molecule has 7 nitrogen and oxygen atoms in total. The first-order chi connectivity index (χ1) is 16.3. The molecule has 2 amide bonds. The molecule has 0 spiro atoms. The Labute approximate surface area is 193 Å². The van der Waals surface area contributed by atoms with Gasteiger partial charge in [-0.1, -0.05) is 48.5 Å². The number of anilines is 1. The summed E-state index contributed by atoms with van der Waals surface area (Å²) in [5, 5.41) is 13.4. The van der Waals surface area contributed by atoms with Crippen LogP contribution in [0.25, 0.3) is 11.1 Å². The predicted molar refractivity (Wildman–Crippen MR) is 119 cm³/mol. The van der Waals surface area contributed by atoms with Crippen LogP contribution in [0.5, 0.6) is 0 Å². The van der Waals surface area contributed by atoms with Crippen LogP contribution in [-0.4, -0.2) is 35.7 Å². The maximum atomic E-state index is 13.8. The molecule has 1 aliphatic carbocycles. The van der Waals surface area contributed by atoms with Crippen molar-refractivity contribution in [3.05, 3.63) is 89.5 Å². The second-order valence-electron chi connectivity index (χ2n) is 7.73. The van der Waals surface area contributed by atoms with E-state index in [0.29, 0.717) is 0 Å². The zero-order valence-corrected chi connectivity index (χ0v) is 17.8. The van der Waals surface area contributed by atoms with Crippen LogP contribution in [-0.2, 0) is 14.3 Å². The second-order valence-corrected chi connectivity index (χ2v) is 7.73. The summed E-state index contributed by atoms with van der Waals surface area (Å²) in [6.07, 6.45) is -1.80. The fraction of sp³-hybridized carbons (Fsp3) is 0.160. The van der Waals surface area contributed by atoms with Crippen LogP contribution in [0.15, 0.2) is 66.7 Å². The molecule has 0 fully saturated rings. The van der Waals surface area contributed by atoms with E-state index in [2.05, 4.69) is 10.6 Å². The SMILES string of the molecule is O=C(O)CC(NC(=O)OCC1c2ccccc2-c2ccccc21)C(=O)Nc1cc(F)ccc1F. The predicted octanol–water partition coefficient (Wildman–Crippen LogP) is 4.29. The summed E-state index contributed by atoms with van der Waals surface area (Å²) >= 11 is 0. The highest BCUT2D eigenvalue weighted by molar-refractivity contribution is 5.98. The van der Waals surface area contributed by atoms with Crippen molar-refractivity contribution >= 4 is 23.7 Å². The number of hydrogen-bond donors (Lipinski definition) is 3. The topological polar surface area (TPSA) is 105 Å². The number of ether oxygens (including phenoxy) is 1. The zero-order chi connectivity index (χ0) is 24.2. The molecule has 0 bridgehead atoms. The van der Waals surface area contributed by atoms with Crippen molar-refractivity contribution in [1.82, 2.24) is 5.32 Å². The lowest BCUT2D eigenvalue weighted by Gasteiger charge is -2.19. The molecule has 1 unspecified atom stereocenters. The number of carbonyl (C=O) groups is 3. The van der Waals surface area contributed by atoms with Gasteiger partial charge in [-0.2, -0.15) is 0 Å². The van der Waals surface area contributed by atoms with Crippen molar-refractivity contribution < 1.29 is 33.0 Å². The molecule has 174 valence electrons. The number of halogens is 2. The van der Waals surface area contributed by atoms with Gasteiger partial charge in [-0.15, -0.1) is 0 Å². The van der Waals surface area contributed by atoms with Crippen LogP contribution in [0.3, 0.4) is 0 Å². The number of rotatable bonds is 7. The first-order valence-corrected chi connectivity index (χ1v) is 10.4. The third kappa shape index (κ3) is 4.88. The van der Waals surface area contributed by atoms with Gasteiger partial charge in [0.05, 0.1) is 12.1 Å². The van der Waals surface area contributed by atoms with Gasteiger partial charge < -0.3 is 20.5 Å². The Hall–Kier alpha value is -4.27. The van der Waals surface area contributed by atoms with E-state index in [1.54, 1.807) is 0 Å². The maximum Gasteiger partial charge on any atom is 0.407 e. The van der Waals surface area contributed by atoms with Crippen LogP contribution >= 0.6 is 0 Å². The molecule has 0 aromatic heterocycles. The highest BCUT2D eigenvalue weighted by Gasteiger charge is 2.30. The van der Waals surface area contributed by atoms with E-state index >= 15 is 0 Å². The van der Waals surface area contributed by atoms with Crippen LogP contribution in [0.1, 0.15) is 23.5 Å². The van der Waals surface area contributed by atoms with E-state index in [4.69, 9.17) is 9.84 Å². The lowest BCUT2D eigenvalue weighted by atomic mass is 9.98. The van der Waals surface area contributed by atoms with Crippen molar-refractivity contribution in [1.29, 1.82) is 0 Å². The molecule has 0 radical (unpaired) electrons. The van der Waals surface area contributed by atoms with Crippen molar-refractivity contribution in [2.45, 2.75) is 18.4 Å². The Balaban J connectivity index is 1.44. The minimum Gasteiger partial charge on any atom is -0.481 e. The molecule has 3 aromatic carbocycles. The maximum absolute atomic E-state index is 13.8. The number of carboxylic acid groups (broad SMARTS) is 1. The number of nitrogens with one attached hydrogen (secondary N) is 2. The van der Waals surface area contributed by atoms with E-state index < -0.39 is 47.8 Å². The molecule has 4 rings (SSSR count). The lowest BCUT2D eigenvalue weighted by molar-refractivity contribution is -0.139. The highest BCUT2D eigenvalue weighted by atomic mass is 19.1. The molecule has 3 N–H and O–H groups in total. The summed E-state index contributed by atoms with van der Waals surface area (Å²) in [4.78, 5) is 36.2. The minimum absolute atomic E-state index is 0.0419. The monoisotopic (exact) mass is 466 g/mol. The van der Waals surface area contributed by atoms with Gasteiger partial charge in [-0.05, 0) is 34.4 Å². The van der Waals surface area contributed by atoms with Gasteiger partial charge in [0, 0.05) is 12.0 Å². The molecule has 0 saturated carbocycles. The van der Waals surface area contributed by atoms with Crippen molar-refractivity contribution in [2.24, 2.45) is 0 Å². The van der Waals surface area contributed by atoms with Gasteiger partial charge >= 0.3 is 12.1 Å². The molecular formula is C25H20F2N2O5. The third-order valence-electron chi connectivity index (χ3n) is 5.52. The summed E-state index contributed by atoms with van der Waals surface area (Å²) < 4.78 is 32.6. The average molecular weight is 466 g/mol. The molecule has 9 heteroatoms. The smallest absolute Gasteiger partial charge is 0.407 e. The molecule has 3 aromatic rings. The highest BCUT2D eigenvalue weighted by Crippen LogP contribution is 2.44. The first-order valence-electron chi connectivity index (χ1n) is 10.4. The van der Waals surface area contributed by atoms with Crippen molar-refractivity contribution in [3.63, 3.8) is 0 Å². The Morgan fingerprint density at radius 1 is 0.941 bits per heavy atom. The van der Waals surface area contributed by atoms with Gasteiger partial charge in [0.15, 0.2) is 0 Å². The van der Waals surface area contributed by atoms with Crippen LogP contribution in [0.4, 0.5) is 19.3 Å². The summed E-state index contributed by atoms with van der Waals surface area (Å²) in [6, 6.07) is 16.3. The molecule has 34 heavy (non-hydrogen) atoms. The van der Waals surface area contributed by atoms with Crippen molar-refractivity contribution in [3.8, 4) is 11.1 Å². The Kier molecular flexibility index (Phi) is 6.53. The quantitative estimate of drug-likeness (QED) is 0.482. The van der Waals surface area contributed by atoms with Crippen LogP contribution in [0.2, 0.25) is 0 Å². The minimum atomic E-state index is -1.57. The fourth-order valence-corrected chi connectivity index (χ4v) is 3.98. The van der Waals surface area contributed by atoms with Gasteiger partial charge in [0.1, 0.15) is 24.3 Å². The first kappa shape index (κ1) is 22.9. The van der Waals surface area contributed by atoms with Gasteiger partial charge in [-0.25, -0.2) is 13.6 Å². The molecule has 0 heterocycles. The fourth-order valence-electron chi connectivity index (χ4n) is 3.98. The number of aliphatic carboxylic acids is 1. The summed E-state index contributed by atoms with van der Waals surface area (Å²) in [5.74, 6) is -4.34. The molecule has 1 aliphatic rings. The number of amides is 2. The van der Waals surface area contributed by atoms with Crippen LogP contribution in [0, 0.1) is 11.6 Å². The lowest BCUT2D eigenvalue weighted by Crippen LogP contribution is -2.45. The Morgan fingerprint density at radius 2 is 1.56 bits per heavy atom. The van der Waals surface area contributed by atoms with E-state index in [0.717, 1.165) is 40.5 Å². The van der Waals surface area contributed by atoms with E-state index in [9.17, 15) is 23.2 Å². The van der Waals surface area contributed by atoms with E-state index in [1.165, 1.54) is 0 Å². The molecule has 1 atom stereocenters. The van der Waals surface area contributed by atoms with Crippen molar-refractivity contribution in [2.75, 3.05) is 11.9 Å². The van der Waals surface area contributed by atoms with Gasteiger partial charge in [-0.3, -0.25) is 9.59 Å². The van der Waals surface area contributed by atoms with E-state index in [-0.39, 0.29) is 12.5 Å². The second kappa shape index (κ2) is 9.70. The largest absolute Gasteiger partial charge is 0.481 e. The summed E-state index contributed by atoms with van der Waals surface area (Å²) in [5.41, 5.74) is 3.56. The van der Waals surface area contributed by atoms with E-state index in [1.807, 2.05) is 48.5 Å². The standard InChI is InChI=1S/C25H20F2N2O5/c26-14-9-10-20(27)21(11-14)28-24(32)22(12-23(30)31)29-25(33)34-13-19-17-7-3-1-5-15(17)16-6-2-4-8-18(16)19/h1-11,19,22H,12-13H2,(H,28,32)(H,29,33)(H,30,31). The number of alkyl carbamates (subject to hydrolysis) is 1.